The molecule has 3 heteroatoms. The van der Waals surface area contributed by atoms with Crippen LogP contribution in [0.15, 0.2) is 0 Å². The van der Waals surface area contributed by atoms with Gasteiger partial charge in [0.2, 0.25) is 0 Å². The molecule has 0 saturated heterocycles. The lowest BCUT2D eigenvalue weighted by Crippen LogP contribution is -2.43. The van der Waals surface area contributed by atoms with Crippen LogP contribution in [0.2, 0.25) is 0 Å². The molecule has 2 bridgehead atoms. The van der Waals surface area contributed by atoms with Crippen molar-refractivity contribution >= 4 is 17.6 Å². The molecule has 15 heavy (non-hydrogen) atoms. The van der Waals surface area contributed by atoms with Crippen LogP contribution in [-0.2, 0) is 9.53 Å². The van der Waals surface area contributed by atoms with Crippen molar-refractivity contribution in [2.75, 3.05) is 5.88 Å². The monoisotopic (exact) mass is 230 g/mol. The predicted octanol–water partition coefficient (Wildman–Crippen LogP) is 2.98. The Morgan fingerprint density at radius 2 is 2.13 bits per heavy atom. The van der Waals surface area contributed by atoms with E-state index < -0.39 is 0 Å². The molecule has 2 rings (SSSR count). The number of rotatable bonds is 2. The van der Waals surface area contributed by atoms with Gasteiger partial charge in [-0.25, -0.2) is 0 Å². The summed E-state index contributed by atoms with van der Waals surface area (Å²) in [5.74, 6) is 0.395. The van der Waals surface area contributed by atoms with Gasteiger partial charge in [0.1, 0.15) is 12.0 Å². The summed E-state index contributed by atoms with van der Waals surface area (Å²) in [6.45, 7) is 6.68. The molecular weight excluding hydrogens is 212 g/mol. The Bertz CT molecular complexity index is 283. The minimum atomic E-state index is -0.275. The Balaban J connectivity index is 2.19. The summed E-state index contributed by atoms with van der Waals surface area (Å²) in [6, 6.07) is 0. The minimum Gasteiger partial charge on any atom is -0.460 e. The van der Waals surface area contributed by atoms with Crippen molar-refractivity contribution in [3.8, 4) is 0 Å². The molecule has 0 spiro atoms. The highest BCUT2D eigenvalue weighted by Crippen LogP contribution is 2.63. The molecular formula is C12H19ClO2. The normalized spacial score (nSPS) is 41.9. The number of hydrogen-bond donors (Lipinski definition) is 0. The van der Waals surface area contributed by atoms with Gasteiger partial charge in [-0.1, -0.05) is 20.8 Å². The van der Waals surface area contributed by atoms with Gasteiger partial charge in [0.05, 0.1) is 0 Å². The van der Waals surface area contributed by atoms with E-state index in [1.807, 2.05) is 0 Å². The Morgan fingerprint density at radius 1 is 1.47 bits per heavy atom. The number of esters is 1. The van der Waals surface area contributed by atoms with Crippen LogP contribution in [0.5, 0.6) is 0 Å². The molecule has 0 amide bonds. The van der Waals surface area contributed by atoms with Gasteiger partial charge in [0, 0.05) is 10.8 Å². The van der Waals surface area contributed by atoms with Crippen molar-refractivity contribution in [2.24, 2.45) is 16.7 Å². The largest absolute Gasteiger partial charge is 0.460 e. The van der Waals surface area contributed by atoms with Gasteiger partial charge >= 0.3 is 5.97 Å². The van der Waals surface area contributed by atoms with Gasteiger partial charge in [-0.2, -0.15) is 0 Å². The third-order valence-corrected chi connectivity index (χ3v) is 4.71. The zero-order valence-corrected chi connectivity index (χ0v) is 10.4. The van der Waals surface area contributed by atoms with E-state index >= 15 is 0 Å². The molecule has 0 heterocycles. The van der Waals surface area contributed by atoms with Crippen LogP contribution in [0.25, 0.3) is 0 Å². The third kappa shape index (κ3) is 1.57. The van der Waals surface area contributed by atoms with Crippen molar-refractivity contribution in [3.05, 3.63) is 0 Å². The van der Waals surface area contributed by atoms with Crippen LogP contribution in [0.1, 0.15) is 40.0 Å². The smallest absolute Gasteiger partial charge is 0.321 e. The zero-order chi connectivity index (χ0) is 11.3. The number of halogens is 1. The number of carbonyl (C=O) groups excluding carboxylic acids is 1. The van der Waals surface area contributed by atoms with E-state index in [2.05, 4.69) is 20.8 Å². The molecule has 0 aromatic heterocycles. The quantitative estimate of drug-likeness (QED) is 0.539. The van der Waals surface area contributed by atoms with Crippen molar-refractivity contribution in [3.63, 3.8) is 0 Å². The maximum Gasteiger partial charge on any atom is 0.321 e. The van der Waals surface area contributed by atoms with Crippen molar-refractivity contribution in [1.82, 2.24) is 0 Å². The van der Waals surface area contributed by atoms with Crippen LogP contribution >= 0.6 is 11.6 Å². The fourth-order valence-corrected chi connectivity index (χ4v) is 3.78. The molecule has 86 valence electrons. The highest BCUT2D eigenvalue weighted by Gasteiger charge is 2.61. The standard InChI is InChI=1S/C12H19ClO2/c1-11(2)8-4-5-12(3,6-8)10(11)15-9(14)7-13/h8,10H,4-7H2,1-3H3/t8?,10?,12-/m1/s1. The summed E-state index contributed by atoms with van der Waals surface area (Å²) in [7, 11) is 0. The van der Waals surface area contributed by atoms with Crippen molar-refractivity contribution in [1.29, 1.82) is 0 Å². The molecule has 3 atom stereocenters. The average Bonchev–Trinajstić information content (AvgIpc) is 2.63. The summed E-state index contributed by atoms with van der Waals surface area (Å²) in [5.41, 5.74) is 0.310. The summed E-state index contributed by atoms with van der Waals surface area (Å²) >= 11 is 5.50. The SMILES string of the molecule is CC1(C)C2CC[C@](C)(C2)C1OC(=O)CCl. The molecule has 0 N–H and O–H groups in total. The molecule has 0 aromatic rings. The lowest BCUT2D eigenvalue weighted by atomic mass is 9.70. The van der Waals surface area contributed by atoms with Crippen LogP contribution in [-0.4, -0.2) is 18.0 Å². The first-order valence-corrected chi connectivity index (χ1v) is 6.19. The molecule has 2 fully saturated rings. The Hall–Kier alpha value is -0.240. The van der Waals surface area contributed by atoms with E-state index in [-0.39, 0.29) is 28.8 Å². The Morgan fingerprint density at radius 3 is 2.60 bits per heavy atom. The van der Waals surface area contributed by atoms with E-state index in [0.29, 0.717) is 5.92 Å². The third-order valence-electron chi connectivity index (χ3n) is 4.50. The second kappa shape index (κ2) is 3.38. The molecule has 2 aliphatic carbocycles. The summed E-state index contributed by atoms with van der Waals surface area (Å²) in [5, 5.41) is 0. The van der Waals surface area contributed by atoms with E-state index in [1.54, 1.807) is 0 Å². The number of hydrogen-bond acceptors (Lipinski definition) is 2. The first kappa shape index (κ1) is 11.3. The first-order chi connectivity index (χ1) is 6.90. The molecule has 0 aliphatic heterocycles. The van der Waals surface area contributed by atoms with Crippen LogP contribution in [0.3, 0.4) is 0 Å². The van der Waals surface area contributed by atoms with Gasteiger partial charge in [0.25, 0.3) is 0 Å². The Labute approximate surface area is 96.3 Å². The van der Waals surface area contributed by atoms with Gasteiger partial charge in [-0.15, -0.1) is 11.6 Å². The molecule has 0 aromatic carbocycles. The number of alkyl halides is 1. The van der Waals surface area contributed by atoms with Crippen LogP contribution in [0, 0.1) is 16.7 Å². The molecule has 2 saturated carbocycles. The second-order valence-corrected chi connectivity index (χ2v) is 6.19. The summed E-state index contributed by atoms with van der Waals surface area (Å²) in [6.07, 6.45) is 3.70. The molecule has 0 radical (unpaired) electrons. The Kier molecular flexibility index (Phi) is 2.53. The second-order valence-electron chi connectivity index (χ2n) is 5.92. The van der Waals surface area contributed by atoms with Crippen LogP contribution in [0.4, 0.5) is 0 Å². The maximum absolute atomic E-state index is 11.3. The molecule has 2 aliphatic rings. The molecule has 2 nitrogen and oxygen atoms in total. The number of fused-ring (bicyclic) bond motifs is 2. The average molecular weight is 231 g/mol. The lowest BCUT2D eigenvalue weighted by Gasteiger charge is -2.41. The van der Waals surface area contributed by atoms with E-state index in [1.165, 1.54) is 19.3 Å². The van der Waals surface area contributed by atoms with Gasteiger partial charge < -0.3 is 4.74 Å². The number of carbonyl (C=O) groups is 1. The highest BCUT2D eigenvalue weighted by molar-refractivity contribution is 6.26. The van der Waals surface area contributed by atoms with E-state index in [9.17, 15) is 4.79 Å². The highest BCUT2D eigenvalue weighted by atomic mass is 35.5. The minimum absolute atomic E-state index is 0.0344. The zero-order valence-electron chi connectivity index (χ0n) is 9.68. The van der Waals surface area contributed by atoms with E-state index in [4.69, 9.17) is 16.3 Å². The topological polar surface area (TPSA) is 26.3 Å². The van der Waals surface area contributed by atoms with Gasteiger partial charge in [-0.3, -0.25) is 4.79 Å². The van der Waals surface area contributed by atoms with Crippen molar-refractivity contribution in [2.45, 2.75) is 46.1 Å². The predicted molar refractivity (Wildman–Crippen MR) is 59.8 cm³/mol. The summed E-state index contributed by atoms with van der Waals surface area (Å²) < 4.78 is 5.54. The van der Waals surface area contributed by atoms with E-state index in [0.717, 1.165) is 0 Å². The first-order valence-electron chi connectivity index (χ1n) is 5.65. The van der Waals surface area contributed by atoms with Crippen molar-refractivity contribution < 1.29 is 9.53 Å². The summed E-state index contributed by atoms with van der Waals surface area (Å²) in [4.78, 5) is 11.3. The fraction of sp³-hybridized carbons (Fsp3) is 0.917. The number of ether oxygens (including phenoxy) is 1. The maximum atomic E-state index is 11.3. The van der Waals surface area contributed by atoms with Gasteiger partial charge in [0.15, 0.2) is 0 Å². The fourth-order valence-electron chi connectivity index (χ4n) is 3.71. The van der Waals surface area contributed by atoms with Gasteiger partial charge in [-0.05, 0) is 25.2 Å². The van der Waals surface area contributed by atoms with Crippen LogP contribution < -0.4 is 0 Å². The molecule has 2 unspecified atom stereocenters. The lowest BCUT2D eigenvalue weighted by molar-refractivity contribution is -0.161.